The number of non-ortho nitro benzene ring substituents is 1. The summed E-state index contributed by atoms with van der Waals surface area (Å²) in [5.74, 6) is 0.661. The predicted octanol–water partition coefficient (Wildman–Crippen LogP) is 2.80. The van der Waals surface area contributed by atoms with Crippen molar-refractivity contribution in [3.05, 3.63) is 70.3 Å². The van der Waals surface area contributed by atoms with Crippen LogP contribution in [0.1, 0.15) is 5.56 Å². The normalized spacial score (nSPS) is 13.7. The van der Waals surface area contributed by atoms with Crippen molar-refractivity contribution in [2.45, 2.75) is 11.7 Å². The first-order valence-corrected chi connectivity index (χ1v) is 11.1. The van der Waals surface area contributed by atoms with Gasteiger partial charge in [-0.3, -0.25) is 19.5 Å². The van der Waals surface area contributed by atoms with Crippen molar-refractivity contribution in [1.82, 2.24) is 14.8 Å². The van der Waals surface area contributed by atoms with Crippen molar-refractivity contribution in [3.8, 4) is 0 Å². The fraction of sp³-hybridized carbons (Fsp3) is 0.286. The number of hydrogen-bond acceptors (Lipinski definition) is 8. The van der Waals surface area contributed by atoms with E-state index in [-0.39, 0.29) is 17.3 Å². The predicted molar refractivity (Wildman–Crippen MR) is 121 cm³/mol. The minimum absolute atomic E-state index is 0.0259. The van der Waals surface area contributed by atoms with Gasteiger partial charge in [0.25, 0.3) is 5.69 Å². The van der Waals surface area contributed by atoms with E-state index in [4.69, 9.17) is 4.74 Å². The number of nitrogens with zero attached hydrogens (tertiary/aromatic N) is 5. The van der Waals surface area contributed by atoms with Gasteiger partial charge in [-0.1, -0.05) is 42.1 Å². The molecule has 1 aliphatic rings. The number of hydrogen-bond donors (Lipinski definition) is 1. The van der Waals surface area contributed by atoms with Crippen LogP contribution in [0.15, 0.2) is 59.8 Å². The third-order valence-electron chi connectivity index (χ3n) is 4.87. The summed E-state index contributed by atoms with van der Waals surface area (Å²) in [6.07, 6.45) is 0. The van der Waals surface area contributed by atoms with Crippen molar-refractivity contribution < 1.29 is 14.5 Å². The van der Waals surface area contributed by atoms with Crippen LogP contribution in [-0.4, -0.2) is 57.7 Å². The molecule has 0 radical (unpaired) electrons. The van der Waals surface area contributed by atoms with Gasteiger partial charge in [0.05, 0.1) is 30.4 Å². The fourth-order valence-corrected chi connectivity index (χ4v) is 4.02. The summed E-state index contributed by atoms with van der Waals surface area (Å²) in [6, 6.07) is 15.7. The molecule has 0 bridgehead atoms. The zero-order valence-electron chi connectivity index (χ0n) is 17.2. The van der Waals surface area contributed by atoms with Gasteiger partial charge in [-0.15, -0.1) is 10.2 Å². The molecule has 0 aliphatic carbocycles. The Hall–Kier alpha value is -3.44. The van der Waals surface area contributed by atoms with E-state index in [0.717, 1.165) is 24.6 Å². The molecule has 0 saturated carbocycles. The van der Waals surface area contributed by atoms with Crippen molar-refractivity contribution in [2.24, 2.45) is 0 Å². The van der Waals surface area contributed by atoms with Gasteiger partial charge < -0.3 is 15.0 Å². The number of thioether (sulfide) groups is 1. The van der Waals surface area contributed by atoms with Crippen LogP contribution < -0.4 is 10.2 Å². The Balaban J connectivity index is 1.45. The summed E-state index contributed by atoms with van der Waals surface area (Å²) in [7, 11) is 0. The van der Waals surface area contributed by atoms with E-state index < -0.39 is 4.92 Å². The van der Waals surface area contributed by atoms with E-state index in [0.29, 0.717) is 30.6 Å². The molecular formula is C21H22N6O4S. The standard InChI is InChI=1S/C21H22N6O4S/c28-19(22-17-6-8-18(9-7-17)27(29)30)15-32-21-24-23-20(25-10-12-31-13-11-25)26(21)14-16-4-2-1-3-5-16/h1-9H,10-15H2,(H,22,28). The van der Waals surface area contributed by atoms with E-state index in [1.807, 2.05) is 34.9 Å². The van der Waals surface area contributed by atoms with E-state index in [9.17, 15) is 14.9 Å². The maximum absolute atomic E-state index is 12.4. The molecule has 0 atom stereocenters. The van der Waals surface area contributed by atoms with Gasteiger partial charge in [0.1, 0.15) is 0 Å². The van der Waals surface area contributed by atoms with Gasteiger partial charge in [0, 0.05) is 30.9 Å². The maximum Gasteiger partial charge on any atom is 0.269 e. The molecule has 10 nitrogen and oxygen atoms in total. The van der Waals surface area contributed by atoms with Crippen molar-refractivity contribution in [1.29, 1.82) is 0 Å². The van der Waals surface area contributed by atoms with Crippen LogP contribution in [0.5, 0.6) is 0 Å². The molecule has 3 aromatic rings. The summed E-state index contributed by atoms with van der Waals surface area (Å²) in [4.78, 5) is 24.9. The molecule has 2 aromatic carbocycles. The zero-order valence-corrected chi connectivity index (χ0v) is 18.0. The first-order valence-electron chi connectivity index (χ1n) is 10.1. The molecule has 1 N–H and O–H groups in total. The highest BCUT2D eigenvalue weighted by Gasteiger charge is 2.21. The summed E-state index contributed by atoms with van der Waals surface area (Å²) in [6.45, 7) is 3.33. The Bertz CT molecular complexity index is 1070. The number of ether oxygens (including phenoxy) is 1. The molecule has 11 heteroatoms. The van der Waals surface area contributed by atoms with Crippen LogP contribution in [0.4, 0.5) is 17.3 Å². The van der Waals surface area contributed by atoms with Gasteiger partial charge in [0.2, 0.25) is 11.9 Å². The average molecular weight is 455 g/mol. The van der Waals surface area contributed by atoms with Gasteiger partial charge in [0.15, 0.2) is 5.16 Å². The van der Waals surface area contributed by atoms with Crippen molar-refractivity contribution in [3.63, 3.8) is 0 Å². The second-order valence-electron chi connectivity index (χ2n) is 7.09. The molecule has 1 saturated heterocycles. The number of carbonyl (C=O) groups is 1. The third kappa shape index (κ3) is 5.42. The number of morpholine rings is 1. The zero-order chi connectivity index (χ0) is 22.3. The molecule has 1 fully saturated rings. The Morgan fingerprint density at radius 1 is 1.09 bits per heavy atom. The lowest BCUT2D eigenvalue weighted by Crippen LogP contribution is -2.38. The van der Waals surface area contributed by atoms with Crippen molar-refractivity contribution in [2.75, 3.05) is 42.3 Å². The molecule has 1 aliphatic heterocycles. The number of anilines is 2. The monoisotopic (exact) mass is 454 g/mol. The molecular weight excluding hydrogens is 432 g/mol. The topological polar surface area (TPSA) is 115 Å². The van der Waals surface area contributed by atoms with E-state index in [1.54, 1.807) is 0 Å². The highest BCUT2D eigenvalue weighted by atomic mass is 32.2. The van der Waals surface area contributed by atoms with Crippen LogP contribution in [0.25, 0.3) is 0 Å². The number of aromatic nitrogens is 3. The average Bonchev–Trinajstić information content (AvgIpc) is 3.21. The van der Waals surface area contributed by atoms with Crippen LogP contribution in [-0.2, 0) is 16.1 Å². The number of carbonyl (C=O) groups excluding carboxylic acids is 1. The second kappa shape index (κ2) is 10.2. The Morgan fingerprint density at radius 3 is 2.50 bits per heavy atom. The number of amides is 1. The SMILES string of the molecule is O=C(CSc1nnc(N2CCOCC2)n1Cc1ccccc1)Nc1ccc([N+](=O)[O-])cc1. The van der Waals surface area contributed by atoms with Crippen LogP contribution in [0, 0.1) is 10.1 Å². The molecule has 166 valence electrons. The number of benzene rings is 2. The van der Waals surface area contributed by atoms with Gasteiger partial charge >= 0.3 is 0 Å². The summed E-state index contributed by atoms with van der Waals surface area (Å²) < 4.78 is 7.47. The van der Waals surface area contributed by atoms with E-state index in [2.05, 4.69) is 20.4 Å². The highest BCUT2D eigenvalue weighted by Crippen LogP contribution is 2.24. The van der Waals surface area contributed by atoms with Crippen LogP contribution >= 0.6 is 11.8 Å². The number of rotatable bonds is 8. The van der Waals surface area contributed by atoms with Gasteiger partial charge in [-0.2, -0.15) is 0 Å². The molecule has 1 amide bonds. The highest BCUT2D eigenvalue weighted by molar-refractivity contribution is 7.99. The minimum atomic E-state index is -0.479. The Labute approximate surface area is 188 Å². The molecule has 0 spiro atoms. The fourth-order valence-electron chi connectivity index (χ4n) is 3.28. The summed E-state index contributed by atoms with van der Waals surface area (Å²) in [5.41, 5.74) is 1.59. The number of nitro groups is 1. The molecule has 2 heterocycles. The van der Waals surface area contributed by atoms with Gasteiger partial charge in [-0.05, 0) is 17.7 Å². The quantitative estimate of drug-likeness (QED) is 0.314. The lowest BCUT2D eigenvalue weighted by molar-refractivity contribution is -0.384. The second-order valence-corrected chi connectivity index (χ2v) is 8.04. The summed E-state index contributed by atoms with van der Waals surface area (Å²) >= 11 is 1.30. The third-order valence-corrected chi connectivity index (χ3v) is 5.84. The first-order chi connectivity index (χ1) is 15.6. The van der Waals surface area contributed by atoms with Crippen molar-refractivity contribution >= 4 is 35.0 Å². The van der Waals surface area contributed by atoms with E-state index >= 15 is 0 Å². The first kappa shape index (κ1) is 21.8. The lowest BCUT2D eigenvalue weighted by atomic mass is 10.2. The molecule has 1 aromatic heterocycles. The van der Waals surface area contributed by atoms with Crippen LogP contribution in [0.3, 0.4) is 0 Å². The largest absolute Gasteiger partial charge is 0.378 e. The Morgan fingerprint density at radius 2 is 1.81 bits per heavy atom. The van der Waals surface area contributed by atoms with Crippen LogP contribution in [0.2, 0.25) is 0 Å². The van der Waals surface area contributed by atoms with E-state index in [1.165, 1.54) is 36.0 Å². The number of nitro benzene ring substituents is 1. The van der Waals surface area contributed by atoms with Gasteiger partial charge in [-0.25, -0.2) is 0 Å². The Kier molecular flexibility index (Phi) is 6.97. The maximum atomic E-state index is 12.4. The lowest BCUT2D eigenvalue weighted by Gasteiger charge is -2.28. The smallest absolute Gasteiger partial charge is 0.269 e. The molecule has 32 heavy (non-hydrogen) atoms. The minimum Gasteiger partial charge on any atom is -0.378 e. The molecule has 4 rings (SSSR count). The molecule has 0 unspecified atom stereocenters. The number of nitrogens with one attached hydrogen (secondary N) is 1. The summed E-state index contributed by atoms with van der Waals surface area (Å²) in [5, 5.41) is 22.9.